The number of aryl methyl sites for hydroxylation is 2. The number of ketones is 2. The molecule has 1 heterocycles. The molecule has 1 saturated carbocycles. The summed E-state index contributed by atoms with van der Waals surface area (Å²) in [5.74, 6) is -1.61. The topological polar surface area (TPSA) is 98.2 Å². The van der Waals surface area contributed by atoms with Crippen LogP contribution in [0.2, 0.25) is 0 Å². The summed E-state index contributed by atoms with van der Waals surface area (Å²) >= 11 is 0. The lowest BCUT2D eigenvalue weighted by Crippen LogP contribution is -2.54. The van der Waals surface area contributed by atoms with Gasteiger partial charge in [-0.25, -0.2) is 0 Å². The van der Waals surface area contributed by atoms with E-state index in [1.165, 1.54) is 11.0 Å². The summed E-state index contributed by atoms with van der Waals surface area (Å²) in [7, 11) is 1.67. The standard InChI is InChI=1S/C24H24N2O5/c1-13-6-4-7-14(2)21(13)26-23(30)16-12-15(10-11-17(16)25(3)24(26)31)22(29)20-18(27)8-5-9-19(20)28/h4,6-7,10-12,24,29,31H,5,8-9H2,1-3H3. The Kier molecular flexibility index (Phi) is 5.15. The molecule has 0 saturated heterocycles. The van der Waals surface area contributed by atoms with Crippen LogP contribution in [0.15, 0.2) is 42.0 Å². The third kappa shape index (κ3) is 3.31. The lowest BCUT2D eigenvalue weighted by Gasteiger charge is -2.41. The molecule has 2 aliphatic rings. The van der Waals surface area contributed by atoms with Crippen LogP contribution in [0.1, 0.15) is 46.3 Å². The fraction of sp³-hybridized carbons (Fsp3) is 0.292. The Balaban J connectivity index is 1.85. The van der Waals surface area contributed by atoms with Crippen LogP contribution < -0.4 is 9.80 Å². The summed E-state index contributed by atoms with van der Waals surface area (Å²) in [6, 6.07) is 10.2. The van der Waals surface area contributed by atoms with Crippen LogP contribution in [-0.4, -0.2) is 41.1 Å². The minimum atomic E-state index is -1.21. The van der Waals surface area contributed by atoms with Gasteiger partial charge in [-0.15, -0.1) is 0 Å². The lowest BCUT2D eigenvalue weighted by atomic mass is 9.89. The molecule has 1 atom stereocenters. The second-order valence-electron chi connectivity index (χ2n) is 8.03. The van der Waals surface area contributed by atoms with Crippen molar-refractivity contribution in [2.24, 2.45) is 0 Å². The third-order valence-corrected chi connectivity index (χ3v) is 5.96. The first-order chi connectivity index (χ1) is 14.7. The number of anilines is 2. The molecule has 31 heavy (non-hydrogen) atoms. The quantitative estimate of drug-likeness (QED) is 0.440. The second kappa shape index (κ2) is 7.67. The van der Waals surface area contributed by atoms with E-state index in [9.17, 15) is 24.6 Å². The normalized spacial score (nSPS) is 19.0. The second-order valence-corrected chi connectivity index (χ2v) is 8.03. The van der Waals surface area contributed by atoms with Crippen molar-refractivity contribution in [1.29, 1.82) is 0 Å². The van der Waals surface area contributed by atoms with E-state index in [1.54, 1.807) is 24.1 Å². The summed E-state index contributed by atoms with van der Waals surface area (Å²) in [6.45, 7) is 3.73. The Morgan fingerprint density at radius 2 is 1.61 bits per heavy atom. The molecule has 2 aromatic carbocycles. The molecular weight excluding hydrogens is 396 g/mol. The van der Waals surface area contributed by atoms with Gasteiger partial charge >= 0.3 is 0 Å². The Hall–Kier alpha value is -3.45. The molecule has 0 spiro atoms. The van der Waals surface area contributed by atoms with E-state index in [-0.39, 0.29) is 41.1 Å². The van der Waals surface area contributed by atoms with Gasteiger partial charge in [-0.05, 0) is 49.6 Å². The van der Waals surface area contributed by atoms with Crippen molar-refractivity contribution in [3.05, 3.63) is 64.2 Å². The number of nitrogens with zero attached hydrogens (tertiary/aromatic N) is 2. The first-order valence-electron chi connectivity index (χ1n) is 10.2. The number of benzene rings is 2. The van der Waals surface area contributed by atoms with Crippen LogP contribution in [0.5, 0.6) is 0 Å². The summed E-state index contributed by atoms with van der Waals surface area (Å²) in [4.78, 5) is 40.8. The highest BCUT2D eigenvalue weighted by Gasteiger charge is 2.37. The Morgan fingerprint density at radius 1 is 1.00 bits per heavy atom. The SMILES string of the molecule is Cc1cccc(C)c1N1C(=O)c2cc(C(O)=C3C(=O)CCCC3=O)ccc2N(C)C1O. The van der Waals surface area contributed by atoms with E-state index in [4.69, 9.17) is 0 Å². The molecule has 1 amide bonds. The molecule has 1 aliphatic carbocycles. The van der Waals surface area contributed by atoms with Crippen molar-refractivity contribution in [2.45, 2.75) is 39.5 Å². The highest BCUT2D eigenvalue weighted by molar-refractivity contribution is 6.26. The molecule has 0 radical (unpaired) electrons. The highest BCUT2D eigenvalue weighted by atomic mass is 16.3. The maximum atomic E-state index is 13.5. The van der Waals surface area contributed by atoms with Crippen molar-refractivity contribution < 1.29 is 24.6 Å². The number of aliphatic hydroxyl groups excluding tert-OH is 2. The first kappa shape index (κ1) is 20.8. The molecule has 7 heteroatoms. The molecule has 4 rings (SSSR count). The van der Waals surface area contributed by atoms with Gasteiger partial charge in [0.25, 0.3) is 5.91 Å². The number of carbonyl (C=O) groups is 3. The van der Waals surface area contributed by atoms with Crippen LogP contribution in [0.4, 0.5) is 11.4 Å². The van der Waals surface area contributed by atoms with Crippen LogP contribution in [0.25, 0.3) is 5.76 Å². The predicted molar refractivity (Wildman–Crippen MR) is 117 cm³/mol. The molecule has 2 aromatic rings. The number of aliphatic hydroxyl groups is 2. The van der Waals surface area contributed by atoms with E-state index in [2.05, 4.69) is 0 Å². The van der Waals surface area contributed by atoms with Gasteiger partial charge in [0.1, 0.15) is 11.3 Å². The third-order valence-electron chi connectivity index (χ3n) is 5.96. The predicted octanol–water partition coefficient (Wildman–Crippen LogP) is 3.27. The zero-order valence-electron chi connectivity index (χ0n) is 17.7. The molecule has 1 unspecified atom stereocenters. The molecule has 0 aromatic heterocycles. The highest BCUT2D eigenvalue weighted by Crippen LogP contribution is 2.37. The number of para-hydroxylation sites is 1. The minimum Gasteiger partial charge on any atom is -0.506 e. The van der Waals surface area contributed by atoms with Crippen LogP contribution in [0, 0.1) is 13.8 Å². The number of hydrogen-bond acceptors (Lipinski definition) is 6. The van der Waals surface area contributed by atoms with Gasteiger partial charge in [0.05, 0.1) is 16.9 Å². The molecule has 1 fully saturated rings. The van der Waals surface area contributed by atoms with Crippen molar-refractivity contribution >= 4 is 34.6 Å². The van der Waals surface area contributed by atoms with E-state index < -0.39 is 18.0 Å². The smallest absolute Gasteiger partial charge is 0.263 e. The van der Waals surface area contributed by atoms with Crippen molar-refractivity contribution in [1.82, 2.24) is 0 Å². The number of rotatable bonds is 2. The number of fused-ring (bicyclic) bond motifs is 1. The first-order valence-corrected chi connectivity index (χ1v) is 10.2. The number of carbonyl (C=O) groups excluding carboxylic acids is 3. The minimum absolute atomic E-state index is 0.200. The van der Waals surface area contributed by atoms with E-state index in [0.717, 1.165) is 11.1 Å². The monoisotopic (exact) mass is 420 g/mol. The fourth-order valence-corrected chi connectivity index (χ4v) is 4.32. The van der Waals surface area contributed by atoms with Gasteiger partial charge in [-0.2, -0.15) is 0 Å². The maximum Gasteiger partial charge on any atom is 0.263 e. The van der Waals surface area contributed by atoms with Gasteiger partial charge in [-0.1, -0.05) is 18.2 Å². The average molecular weight is 420 g/mol. The van der Waals surface area contributed by atoms with Crippen LogP contribution in [0.3, 0.4) is 0 Å². The zero-order valence-corrected chi connectivity index (χ0v) is 17.7. The maximum absolute atomic E-state index is 13.5. The molecular formula is C24H24N2O5. The van der Waals surface area contributed by atoms with Crippen LogP contribution in [-0.2, 0) is 9.59 Å². The van der Waals surface area contributed by atoms with E-state index >= 15 is 0 Å². The molecule has 2 N–H and O–H groups in total. The Bertz CT molecular complexity index is 1110. The summed E-state index contributed by atoms with van der Waals surface area (Å²) < 4.78 is 0. The van der Waals surface area contributed by atoms with Crippen LogP contribution >= 0.6 is 0 Å². The van der Waals surface area contributed by atoms with Gasteiger partial charge in [-0.3, -0.25) is 19.3 Å². The number of Topliss-reactive ketones (excluding diaryl/α,β-unsaturated/α-hetero) is 2. The number of allylic oxidation sites excluding steroid dienone is 1. The Labute approximate surface area is 180 Å². The van der Waals surface area contributed by atoms with Gasteiger partial charge in [0.15, 0.2) is 11.6 Å². The molecule has 1 aliphatic heterocycles. The lowest BCUT2D eigenvalue weighted by molar-refractivity contribution is -0.123. The molecule has 160 valence electrons. The molecule has 7 nitrogen and oxygen atoms in total. The zero-order chi connectivity index (χ0) is 22.4. The van der Waals surface area contributed by atoms with Crippen molar-refractivity contribution in [3.63, 3.8) is 0 Å². The Morgan fingerprint density at radius 3 is 2.23 bits per heavy atom. The molecule has 0 bridgehead atoms. The average Bonchev–Trinajstić information content (AvgIpc) is 2.73. The number of amides is 1. The summed E-state index contributed by atoms with van der Waals surface area (Å²) in [5.41, 5.74) is 3.06. The van der Waals surface area contributed by atoms with E-state index in [0.29, 0.717) is 17.8 Å². The summed E-state index contributed by atoms with van der Waals surface area (Å²) in [5, 5.41) is 21.6. The largest absolute Gasteiger partial charge is 0.506 e. The number of hydrogen-bond donors (Lipinski definition) is 2. The summed E-state index contributed by atoms with van der Waals surface area (Å²) in [6.07, 6.45) is -0.307. The van der Waals surface area contributed by atoms with Crippen molar-refractivity contribution in [3.8, 4) is 0 Å². The van der Waals surface area contributed by atoms with Crippen molar-refractivity contribution in [2.75, 3.05) is 16.8 Å². The fourth-order valence-electron chi connectivity index (χ4n) is 4.32. The van der Waals surface area contributed by atoms with Gasteiger partial charge in [0, 0.05) is 25.5 Å². The van der Waals surface area contributed by atoms with Gasteiger partial charge in [0.2, 0.25) is 6.35 Å². The van der Waals surface area contributed by atoms with E-state index in [1.807, 2.05) is 32.0 Å². The van der Waals surface area contributed by atoms with Gasteiger partial charge < -0.3 is 15.1 Å².